The molecule has 0 atom stereocenters. The van der Waals surface area contributed by atoms with Gasteiger partial charge in [-0.25, -0.2) is 4.57 Å². The Kier molecular flexibility index (Phi) is 6.89. The number of benzene rings is 2. The summed E-state index contributed by atoms with van der Waals surface area (Å²) in [6.07, 6.45) is 0. The molecule has 2 aromatic carbocycles. The molecule has 0 aliphatic rings. The molecule has 27 heavy (non-hydrogen) atoms. The predicted molar refractivity (Wildman–Crippen MR) is 96.6 cm³/mol. The Balaban J connectivity index is 2.40. The van der Waals surface area contributed by atoms with Crippen LogP contribution in [0.1, 0.15) is 21.5 Å². The van der Waals surface area contributed by atoms with Crippen LogP contribution in [0.25, 0.3) is 0 Å². The summed E-state index contributed by atoms with van der Waals surface area (Å²) in [7, 11) is -0.232. The van der Waals surface area contributed by atoms with Crippen molar-refractivity contribution in [1.29, 1.82) is 0 Å². The van der Waals surface area contributed by atoms with Crippen molar-refractivity contribution in [2.24, 2.45) is 0 Å². The van der Waals surface area contributed by atoms with Gasteiger partial charge in [-0.1, -0.05) is 18.2 Å². The topological polar surface area (TPSA) is 112 Å². The van der Waals surface area contributed by atoms with Gasteiger partial charge in [-0.05, 0) is 30.3 Å². The van der Waals surface area contributed by atoms with E-state index in [1.54, 1.807) is 43.5 Å². The minimum absolute atomic E-state index is 0.202. The fraction of sp³-hybridized carbons (Fsp3) is 0.278. The van der Waals surface area contributed by atoms with E-state index < -0.39 is 26.0 Å². The van der Waals surface area contributed by atoms with Gasteiger partial charge in [0.15, 0.2) is 5.78 Å². The number of phosphoric ester groups is 1. The molecule has 0 fully saturated rings. The molecule has 0 bridgehead atoms. The van der Waals surface area contributed by atoms with Gasteiger partial charge in [0.05, 0.1) is 7.11 Å². The normalized spacial score (nSPS) is 12.0. The number of ketones is 1. The number of phosphoric acid groups is 1. The fourth-order valence-electron chi connectivity index (χ4n) is 2.66. The lowest BCUT2D eigenvalue weighted by atomic mass is 9.94. The lowest BCUT2D eigenvalue weighted by Crippen LogP contribution is -2.32. The Morgan fingerprint density at radius 3 is 2.15 bits per heavy atom. The molecule has 9 heteroatoms. The van der Waals surface area contributed by atoms with Crippen LogP contribution in [-0.2, 0) is 24.3 Å². The minimum Gasteiger partial charge on any atom is -0.497 e. The van der Waals surface area contributed by atoms with Gasteiger partial charge in [0.25, 0.3) is 0 Å². The first-order valence-electron chi connectivity index (χ1n) is 7.84. The van der Waals surface area contributed by atoms with Crippen LogP contribution in [0.2, 0.25) is 0 Å². The summed E-state index contributed by atoms with van der Waals surface area (Å²) in [4.78, 5) is 29.7. The van der Waals surface area contributed by atoms with Gasteiger partial charge in [0, 0.05) is 30.9 Å². The molecular weight excluding hydrogens is 375 g/mol. The van der Waals surface area contributed by atoms with Crippen LogP contribution in [0.5, 0.6) is 5.75 Å². The Bertz CT molecular complexity index is 824. The fourth-order valence-corrected chi connectivity index (χ4v) is 2.94. The lowest BCUT2D eigenvalue weighted by Gasteiger charge is -2.32. The molecule has 0 radical (unpaired) electrons. The molecule has 0 spiro atoms. The van der Waals surface area contributed by atoms with E-state index in [9.17, 15) is 9.36 Å². The first kappa shape index (κ1) is 21.2. The standard InChI is InChI=1S/C18H21O8P/c1-23-16-9-7-14(8-10-16)18(24-2,25-3)15-6-4-5-13(11-15)17(19)12-26-27(20,21)22/h4-11H,12H2,1-3H3,(H2,20,21,22). The average Bonchev–Trinajstić information content (AvgIpc) is 2.67. The summed E-state index contributed by atoms with van der Waals surface area (Å²) in [6.45, 7) is -0.747. The third-order valence-corrected chi connectivity index (χ3v) is 4.44. The highest BCUT2D eigenvalue weighted by atomic mass is 31.2. The molecule has 0 aliphatic carbocycles. The molecule has 0 heterocycles. The van der Waals surface area contributed by atoms with E-state index in [0.717, 1.165) is 0 Å². The van der Waals surface area contributed by atoms with Gasteiger partial charge in [0.1, 0.15) is 12.4 Å². The number of hydrogen-bond donors (Lipinski definition) is 2. The molecule has 2 N–H and O–H groups in total. The van der Waals surface area contributed by atoms with Crippen LogP contribution in [0, 0.1) is 0 Å². The van der Waals surface area contributed by atoms with Crippen molar-refractivity contribution in [2.75, 3.05) is 27.9 Å². The van der Waals surface area contributed by atoms with Crippen molar-refractivity contribution in [3.8, 4) is 5.75 Å². The van der Waals surface area contributed by atoms with Gasteiger partial charge in [-0.3, -0.25) is 9.32 Å². The van der Waals surface area contributed by atoms with Crippen LogP contribution in [0.3, 0.4) is 0 Å². The molecule has 0 aliphatic heterocycles. The molecule has 0 amide bonds. The van der Waals surface area contributed by atoms with E-state index in [-0.39, 0.29) is 5.56 Å². The number of carbonyl (C=O) groups is 1. The zero-order valence-electron chi connectivity index (χ0n) is 15.1. The third kappa shape index (κ3) is 5.01. The Morgan fingerprint density at radius 1 is 1.00 bits per heavy atom. The Labute approximate surface area is 156 Å². The predicted octanol–water partition coefficient (Wildman–Crippen LogP) is 2.48. The monoisotopic (exact) mass is 396 g/mol. The van der Waals surface area contributed by atoms with Crippen LogP contribution in [0.15, 0.2) is 48.5 Å². The minimum atomic E-state index is -4.73. The van der Waals surface area contributed by atoms with Crippen molar-refractivity contribution in [2.45, 2.75) is 5.79 Å². The number of carbonyl (C=O) groups excluding carboxylic acids is 1. The molecular formula is C18H21O8P. The maximum Gasteiger partial charge on any atom is 0.470 e. The van der Waals surface area contributed by atoms with E-state index in [1.807, 2.05) is 0 Å². The zero-order chi connectivity index (χ0) is 20.1. The quantitative estimate of drug-likeness (QED) is 0.378. The number of rotatable bonds is 9. The van der Waals surface area contributed by atoms with Crippen molar-refractivity contribution in [3.05, 3.63) is 65.2 Å². The third-order valence-electron chi connectivity index (χ3n) is 3.97. The summed E-state index contributed by atoms with van der Waals surface area (Å²) in [5.41, 5.74) is 1.40. The smallest absolute Gasteiger partial charge is 0.470 e. The highest BCUT2D eigenvalue weighted by molar-refractivity contribution is 7.46. The Hall–Kier alpha value is -2.06. The summed E-state index contributed by atoms with van der Waals surface area (Å²) in [5.74, 6) is -1.21. The van der Waals surface area contributed by atoms with E-state index in [1.165, 1.54) is 26.4 Å². The number of ether oxygens (including phenoxy) is 3. The van der Waals surface area contributed by atoms with Crippen molar-refractivity contribution in [3.63, 3.8) is 0 Å². The first-order valence-corrected chi connectivity index (χ1v) is 9.37. The van der Waals surface area contributed by atoms with Gasteiger partial charge in [-0.2, -0.15) is 0 Å². The van der Waals surface area contributed by atoms with E-state index in [0.29, 0.717) is 16.9 Å². The second kappa shape index (κ2) is 8.75. The molecule has 2 rings (SSSR count). The zero-order valence-corrected chi connectivity index (χ0v) is 16.0. The van der Waals surface area contributed by atoms with Crippen LogP contribution in [0.4, 0.5) is 0 Å². The molecule has 0 aromatic heterocycles. The molecule has 8 nitrogen and oxygen atoms in total. The Morgan fingerprint density at radius 2 is 1.63 bits per heavy atom. The molecule has 146 valence electrons. The van der Waals surface area contributed by atoms with E-state index in [4.69, 9.17) is 24.0 Å². The summed E-state index contributed by atoms with van der Waals surface area (Å²) in [6, 6.07) is 13.4. The number of methoxy groups -OCH3 is 3. The maximum atomic E-state index is 12.2. The van der Waals surface area contributed by atoms with Crippen LogP contribution < -0.4 is 4.74 Å². The first-order chi connectivity index (χ1) is 12.8. The van der Waals surface area contributed by atoms with Crippen molar-refractivity contribution in [1.82, 2.24) is 0 Å². The highest BCUT2D eigenvalue weighted by Crippen LogP contribution is 2.37. The molecule has 0 saturated carbocycles. The van der Waals surface area contributed by atoms with Crippen molar-refractivity contribution < 1.29 is 37.9 Å². The summed E-state index contributed by atoms with van der Waals surface area (Å²) in [5, 5.41) is 0. The molecule has 2 aromatic rings. The number of Topliss-reactive ketones (excluding diaryl/α,β-unsaturated/α-hetero) is 1. The molecule has 0 unspecified atom stereocenters. The largest absolute Gasteiger partial charge is 0.497 e. The average molecular weight is 396 g/mol. The van der Waals surface area contributed by atoms with E-state index in [2.05, 4.69) is 4.52 Å². The SMILES string of the molecule is COc1ccc(C(OC)(OC)c2cccc(C(=O)COP(=O)(O)O)c2)cc1. The van der Waals surface area contributed by atoms with Gasteiger partial charge < -0.3 is 24.0 Å². The second-order valence-electron chi connectivity index (χ2n) is 5.52. The van der Waals surface area contributed by atoms with Gasteiger partial charge >= 0.3 is 7.82 Å². The van der Waals surface area contributed by atoms with E-state index >= 15 is 0 Å². The lowest BCUT2D eigenvalue weighted by molar-refractivity contribution is -0.183. The summed E-state index contributed by atoms with van der Waals surface area (Å²) < 4.78 is 31.5. The van der Waals surface area contributed by atoms with Crippen molar-refractivity contribution >= 4 is 13.6 Å². The van der Waals surface area contributed by atoms with Crippen LogP contribution >= 0.6 is 7.82 Å². The van der Waals surface area contributed by atoms with Gasteiger partial charge in [0.2, 0.25) is 5.79 Å². The molecule has 0 saturated heterocycles. The highest BCUT2D eigenvalue weighted by Gasteiger charge is 2.35. The second-order valence-corrected chi connectivity index (χ2v) is 6.76. The van der Waals surface area contributed by atoms with Crippen LogP contribution in [-0.4, -0.2) is 43.5 Å². The summed E-state index contributed by atoms with van der Waals surface area (Å²) >= 11 is 0. The maximum absolute atomic E-state index is 12.2. The van der Waals surface area contributed by atoms with Gasteiger partial charge in [-0.15, -0.1) is 0 Å². The number of hydrogen-bond acceptors (Lipinski definition) is 6.